The van der Waals surface area contributed by atoms with Gasteiger partial charge in [0.2, 0.25) is 0 Å². The lowest BCUT2D eigenvalue weighted by molar-refractivity contribution is 0.102. The molecule has 0 atom stereocenters. The van der Waals surface area contributed by atoms with Gasteiger partial charge in [-0.2, -0.15) is 0 Å². The minimum absolute atomic E-state index is 0.0181. The average Bonchev–Trinajstić information content (AvgIpc) is 3.02. The van der Waals surface area contributed by atoms with Crippen molar-refractivity contribution in [3.8, 4) is 0 Å². The molecule has 0 saturated carbocycles. The van der Waals surface area contributed by atoms with E-state index in [4.69, 9.17) is 0 Å². The van der Waals surface area contributed by atoms with E-state index in [1.807, 2.05) is 18.2 Å². The summed E-state index contributed by atoms with van der Waals surface area (Å²) in [5.74, 6) is -0.0181. The first-order chi connectivity index (χ1) is 10.8. The van der Waals surface area contributed by atoms with Crippen molar-refractivity contribution in [1.82, 2.24) is 0 Å². The van der Waals surface area contributed by atoms with E-state index in [-0.39, 0.29) is 5.91 Å². The Morgan fingerprint density at radius 2 is 1.82 bits per heavy atom. The molecule has 1 amide bonds. The van der Waals surface area contributed by atoms with Gasteiger partial charge in [0.05, 0.1) is 11.4 Å². The van der Waals surface area contributed by atoms with Gasteiger partial charge in [0.25, 0.3) is 5.91 Å². The van der Waals surface area contributed by atoms with Crippen molar-refractivity contribution >= 4 is 17.3 Å². The maximum absolute atomic E-state index is 12.6. The number of carbonyl (C=O) groups is 1. The van der Waals surface area contributed by atoms with Crippen molar-refractivity contribution in [2.45, 2.75) is 32.1 Å². The van der Waals surface area contributed by atoms with Crippen LogP contribution in [0.15, 0.2) is 36.4 Å². The van der Waals surface area contributed by atoms with Gasteiger partial charge >= 0.3 is 0 Å². The number of hydrogen-bond donors (Lipinski definition) is 2. The summed E-state index contributed by atoms with van der Waals surface area (Å²) in [5, 5.41) is 6.49. The van der Waals surface area contributed by atoms with Gasteiger partial charge in [0, 0.05) is 12.1 Å². The molecule has 0 radical (unpaired) electrons. The lowest BCUT2D eigenvalue weighted by Crippen LogP contribution is -2.17. The molecule has 0 fully saturated rings. The zero-order valence-electron chi connectivity index (χ0n) is 12.6. The zero-order chi connectivity index (χ0) is 14.9. The van der Waals surface area contributed by atoms with Gasteiger partial charge in [-0.1, -0.05) is 18.2 Å². The van der Waals surface area contributed by atoms with Gasteiger partial charge < -0.3 is 10.6 Å². The van der Waals surface area contributed by atoms with Gasteiger partial charge in [0.1, 0.15) is 0 Å². The standard InChI is InChI=1S/C19H20N2O/c22-19(16-10-9-13-4-1-6-15(13)12-16)21-17-8-2-5-14-7-3-11-20-18(14)17/h2,5,8-10,12,20H,1,3-4,6-7,11H2,(H,21,22). The van der Waals surface area contributed by atoms with Gasteiger partial charge in [-0.3, -0.25) is 4.79 Å². The highest BCUT2D eigenvalue weighted by atomic mass is 16.1. The average molecular weight is 292 g/mol. The zero-order valence-corrected chi connectivity index (χ0v) is 12.6. The number of aryl methyl sites for hydroxylation is 3. The Morgan fingerprint density at radius 1 is 0.955 bits per heavy atom. The molecule has 4 rings (SSSR count). The smallest absolute Gasteiger partial charge is 0.255 e. The van der Waals surface area contributed by atoms with Crippen LogP contribution in [0.25, 0.3) is 0 Å². The van der Waals surface area contributed by atoms with Crippen LogP contribution in [0, 0.1) is 0 Å². The molecular weight excluding hydrogens is 272 g/mol. The number of amides is 1. The first-order valence-corrected chi connectivity index (χ1v) is 8.10. The van der Waals surface area contributed by atoms with E-state index >= 15 is 0 Å². The number of fused-ring (bicyclic) bond motifs is 2. The van der Waals surface area contributed by atoms with Crippen molar-refractivity contribution in [3.05, 3.63) is 58.7 Å². The first kappa shape index (κ1) is 13.4. The summed E-state index contributed by atoms with van der Waals surface area (Å²) < 4.78 is 0. The quantitative estimate of drug-likeness (QED) is 0.884. The molecule has 0 saturated heterocycles. The highest BCUT2D eigenvalue weighted by Crippen LogP contribution is 2.30. The van der Waals surface area contributed by atoms with Gasteiger partial charge in [-0.25, -0.2) is 0 Å². The molecular formula is C19H20N2O. The fourth-order valence-corrected chi connectivity index (χ4v) is 3.52. The van der Waals surface area contributed by atoms with Crippen LogP contribution in [0.5, 0.6) is 0 Å². The summed E-state index contributed by atoms with van der Waals surface area (Å²) >= 11 is 0. The molecule has 1 aliphatic heterocycles. The second kappa shape index (κ2) is 5.48. The summed E-state index contributed by atoms with van der Waals surface area (Å²) in [6.45, 7) is 0.971. The largest absolute Gasteiger partial charge is 0.383 e. The lowest BCUT2D eigenvalue weighted by atomic mass is 10.0. The molecule has 2 aliphatic rings. The monoisotopic (exact) mass is 292 g/mol. The maximum atomic E-state index is 12.6. The van der Waals surface area contributed by atoms with Gasteiger partial charge in [-0.05, 0) is 67.0 Å². The summed E-state index contributed by atoms with van der Waals surface area (Å²) in [7, 11) is 0. The van der Waals surface area contributed by atoms with E-state index in [1.165, 1.54) is 23.1 Å². The SMILES string of the molecule is O=C(Nc1cccc2c1NCCC2)c1ccc2c(c1)CCC2. The maximum Gasteiger partial charge on any atom is 0.255 e. The molecule has 2 aromatic rings. The summed E-state index contributed by atoms with van der Waals surface area (Å²) in [6.07, 6.45) is 5.67. The Bertz CT molecular complexity index is 736. The Morgan fingerprint density at radius 3 is 2.77 bits per heavy atom. The number of hydrogen-bond acceptors (Lipinski definition) is 2. The molecule has 1 heterocycles. The Labute approximate surface area is 130 Å². The van der Waals surface area contributed by atoms with Crippen LogP contribution in [0.2, 0.25) is 0 Å². The Balaban J connectivity index is 1.60. The molecule has 0 aromatic heterocycles. The number of rotatable bonds is 2. The predicted molar refractivity (Wildman–Crippen MR) is 89.7 cm³/mol. The fourth-order valence-electron chi connectivity index (χ4n) is 3.52. The van der Waals surface area contributed by atoms with Crippen LogP contribution < -0.4 is 10.6 Å². The molecule has 112 valence electrons. The number of carbonyl (C=O) groups excluding carboxylic acids is 1. The van der Waals surface area contributed by atoms with Crippen LogP contribution in [-0.2, 0) is 19.3 Å². The van der Waals surface area contributed by atoms with Crippen LogP contribution in [0.4, 0.5) is 11.4 Å². The van der Waals surface area contributed by atoms with E-state index < -0.39 is 0 Å². The van der Waals surface area contributed by atoms with Crippen molar-refractivity contribution in [3.63, 3.8) is 0 Å². The molecule has 0 unspecified atom stereocenters. The van der Waals surface area contributed by atoms with Crippen LogP contribution in [0.1, 0.15) is 39.9 Å². The highest BCUT2D eigenvalue weighted by Gasteiger charge is 2.17. The molecule has 3 nitrogen and oxygen atoms in total. The second-order valence-corrected chi connectivity index (χ2v) is 6.16. The normalized spacial score (nSPS) is 15.6. The van der Waals surface area contributed by atoms with Crippen LogP contribution >= 0.6 is 0 Å². The number of para-hydroxylation sites is 1. The van der Waals surface area contributed by atoms with E-state index in [1.54, 1.807) is 0 Å². The van der Waals surface area contributed by atoms with Crippen molar-refractivity contribution < 1.29 is 4.79 Å². The molecule has 0 spiro atoms. The predicted octanol–water partition coefficient (Wildman–Crippen LogP) is 3.79. The third kappa shape index (κ3) is 2.37. The summed E-state index contributed by atoms with van der Waals surface area (Å²) in [5.41, 5.74) is 6.76. The number of anilines is 2. The molecule has 2 aromatic carbocycles. The second-order valence-electron chi connectivity index (χ2n) is 6.16. The van der Waals surface area contributed by atoms with Crippen molar-refractivity contribution in [2.24, 2.45) is 0 Å². The van der Waals surface area contributed by atoms with Crippen molar-refractivity contribution in [1.29, 1.82) is 0 Å². The highest BCUT2D eigenvalue weighted by molar-refractivity contribution is 6.06. The first-order valence-electron chi connectivity index (χ1n) is 8.10. The molecule has 3 heteroatoms. The van der Waals surface area contributed by atoms with E-state index in [0.717, 1.165) is 49.2 Å². The Hall–Kier alpha value is -2.29. The molecule has 1 aliphatic carbocycles. The topological polar surface area (TPSA) is 41.1 Å². The van der Waals surface area contributed by atoms with E-state index in [0.29, 0.717) is 0 Å². The minimum Gasteiger partial charge on any atom is -0.383 e. The van der Waals surface area contributed by atoms with Crippen LogP contribution in [-0.4, -0.2) is 12.5 Å². The number of nitrogens with one attached hydrogen (secondary N) is 2. The third-order valence-corrected chi connectivity index (χ3v) is 4.68. The summed E-state index contributed by atoms with van der Waals surface area (Å²) in [6, 6.07) is 12.2. The van der Waals surface area contributed by atoms with Crippen LogP contribution in [0.3, 0.4) is 0 Å². The molecule has 2 N–H and O–H groups in total. The van der Waals surface area contributed by atoms with Gasteiger partial charge in [0.15, 0.2) is 0 Å². The van der Waals surface area contributed by atoms with E-state index in [9.17, 15) is 4.79 Å². The fraction of sp³-hybridized carbons (Fsp3) is 0.316. The van der Waals surface area contributed by atoms with E-state index in [2.05, 4.69) is 28.8 Å². The Kier molecular flexibility index (Phi) is 3.34. The van der Waals surface area contributed by atoms with Gasteiger partial charge in [-0.15, -0.1) is 0 Å². The molecule has 22 heavy (non-hydrogen) atoms. The molecule has 0 bridgehead atoms. The lowest BCUT2D eigenvalue weighted by Gasteiger charge is -2.21. The number of benzene rings is 2. The summed E-state index contributed by atoms with van der Waals surface area (Å²) in [4.78, 5) is 12.6. The minimum atomic E-state index is -0.0181. The third-order valence-electron chi connectivity index (χ3n) is 4.68. The van der Waals surface area contributed by atoms with Crippen molar-refractivity contribution in [2.75, 3.05) is 17.2 Å².